The predicted molar refractivity (Wildman–Crippen MR) is 251 cm³/mol. The number of nitrogens with one attached hydrogen (secondary N) is 2. The zero-order chi connectivity index (χ0) is 45.5. The number of rotatable bonds is 18. The Kier molecular flexibility index (Phi) is 15.1. The lowest BCUT2D eigenvalue weighted by Gasteiger charge is -2.36. The monoisotopic (exact) mass is 936 g/mol. The molecule has 1 amide bonds. The molecule has 2 aliphatic heterocycles. The molecule has 1 aliphatic carbocycles. The number of hydrogen-bond donors (Lipinski definition) is 3. The molecule has 15 heteroatoms. The highest BCUT2D eigenvalue weighted by Gasteiger charge is 2.30. The van der Waals surface area contributed by atoms with Crippen LogP contribution in [-0.2, 0) is 35.7 Å². The SMILES string of the molecule is COc1nc(-c2cccc(-c3cccc4c3CC[C@@H]4Oc3nc(OCc4cc(Cl)cc(C#N)c4)c(CN4CCCCC4CCCC(=O)O)cc3Cl)c2Cl)ccc1CNC[C@@H]1CCC(=O)N1. The average Bonchev–Trinajstić information content (AvgIpc) is 3.92. The summed E-state index contributed by atoms with van der Waals surface area (Å²) in [5, 5.41) is 26.6. The fourth-order valence-electron chi connectivity index (χ4n) is 9.27. The van der Waals surface area contributed by atoms with Gasteiger partial charge in [-0.1, -0.05) is 83.7 Å². The Morgan fingerprint density at radius 3 is 2.57 bits per heavy atom. The maximum Gasteiger partial charge on any atom is 0.303 e. The van der Waals surface area contributed by atoms with Gasteiger partial charge in [-0.2, -0.15) is 10.2 Å². The zero-order valence-electron chi connectivity index (χ0n) is 36.2. The van der Waals surface area contributed by atoms with Crippen LogP contribution in [0.4, 0.5) is 0 Å². The number of carbonyl (C=O) groups is 2. The van der Waals surface area contributed by atoms with Crippen LogP contribution in [0.25, 0.3) is 22.4 Å². The molecule has 2 aromatic heterocycles. The summed E-state index contributed by atoms with van der Waals surface area (Å²) in [6, 6.07) is 25.5. The Labute approximate surface area is 394 Å². The van der Waals surface area contributed by atoms with E-state index in [0.717, 1.165) is 89.6 Å². The van der Waals surface area contributed by atoms with Crippen molar-refractivity contribution in [3.05, 3.63) is 121 Å². The highest BCUT2D eigenvalue weighted by molar-refractivity contribution is 6.36. The molecule has 0 spiro atoms. The average molecular weight is 938 g/mol. The first-order valence-electron chi connectivity index (χ1n) is 22.2. The molecule has 3 N–H and O–H groups in total. The molecule has 3 aromatic carbocycles. The van der Waals surface area contributed by atoms with Gasteiger partial charge in [0.05, 0.1) is 29.5 Å². The largest absolute Gasteiger partial charge is 0.481 e. The van der Waals surface area contributed by atoms with Crippen LogP contribution in [0.3, 0.4) is 0 Å². The van der Waals surface area contributed by atoms with Crippen molar-refractivity contribution in [2.75, 3.05) is 20.2 Å². The van der Waals surface area contributed by atoms with Crippen molar-refractivity contribution in [3.8, 4) is 46.1 Å². The number of nitriles is 1. The van der Waals surface area contributed by atoms with E-state index >= 15 is 0 Å². The van der Waals surface area contributed by atoms with Crippen LogP contribution in [0, 0.1) is 11.3 Å². The van der Waals surface area contributed by atoms with Gasteiger partial charge in [0.25, 0.3) is 0 Å². The molecule has 0 bridgehead atoms. The molecule has 2 saturated heterocycles. The van der Waals surface area contributed by atoms with E-state index in [0.29, 0.717) is 77.0 Å². The number of fused-ring (bicyclic) bond motifs is 1. The van der Waals surface area contributed by atoms with Crippen LogP contribution in [0.2, 0.25) is 15.1 Å². The van der Waals surface area contributed by atoms with Gasteiger partial charge in [-0.15, -0.1) is 0 Å². The summed E-state index contributed by atoms with van der Waals surface area (Å²) in [4.78, 5) is 35.1. The predicted octanol–water partition coefficient (Wildman–Crippen LogP) is 10.3. The molecule has 338 valence electrons. The lowest BCUT2D eigenvalue weighted by atomic mass is 9.94. The highest BCUT2D eigenvalue weighted by atomic mass is 35.5. The van der Waals surface area contributed by atoms with E-state index in [-0.39, 0.29) is 43.0 Å². The van der Waals surface area contributed by atoms with E-state index in [4.69, 9.17) is 59.0 Å². The summed E-state index contributed by atoms with van der Waals surface area (Å²) in [6.45, 7) is 2.69. The number of likely N-dealkylation sites (tertiary alicyclic amines) is 1. The van der Waals surface area contributed by atoms with Crippen LogP contribution in [0.5, 0.6) is 17.6 Å². The third-order valence-electron chi connectivity index (χ3n) is 12.5. The van der Waals surface area contributed by atoms with Crippen molar-refractivity contribution in [1.29, 1.82) is 5.26 Å². The molecule has 4 heterocycles. The van der Waals surface area contributed by atoms with E-state index < -0.39 is 5.97 Å². The summed E-state index contributed by atoms with van der Waals surface area (Å²) in [6.07, 6.45) is 7.09. The first-order valence-corrected chi connectivity index (χ1v) is 23.3. The Morgan fingerprint density at radius 2 is 1.77 bits per heavy atom. The van der Waals surface area contributed by atoms with Crippen LogP contribution in [0.1, 0.15) is 97.3 Å². The van der Waals surface area contributed by atoms with Crippen molar-refractivity contribution < 1.29 is 28.9 Å². The minimum atomic E-state index is -0.788. The minimum Gasteiger partial charge on any atom is -0.481 e. The number of halogens is 3. The fourth-order valence-corrected chi connectivity index (χ4v) is 10.1. The molecular formula is C50H51Cl3N6O6. The van der Waals surface area contributed by atoms with Gasteiger partial charge in [0.15, 0.2) is 0 Å². The second kappa shape index (κ2) is 21.3. The number of aromatic nitrogens is 2. The zero-order valence-corrected chi connectivity index (χ0v) is 38.4. The lowest BCUT2D eigenvalue weighted by molar-refractivity contribution is -0.137. The van der Waals surface area contributed by atoms with Crippen molar-refractivity contribution in [1.82, 2.24) is 25.5 Å². The molecule has 8 rings (SSSR count). The van der Waals surface area contributed by atoms with E-state index in [9.17, 15) is 20.0 Å². The van der Waals surface area contributed by atoms with E-state index in [1.54, 1.807) is 25.3 Å². The van der Waals surface area contributed by atoms with Gasteiger partial charge < -0.3 is 30.0 Å². The lowest BCUT2D eigenvalue weighted by Crippen LogP contribution is -2.39. The minimum absolute atomic E-state index is 0.0911. The first kappa shape index (κ1) is 46.1. The third kappa shape index (κ3) is 11.2. The number of ether oxygens (including phenoxy) is 3. The standard InChI is InChI=1S/C50H51Cl3N6O6/c1-63-48-32(26-55-27-35-15-19-45(60)56-35)14-17-43(57-48)41-12-6-11-40(47(41)53)37-9-5-10-39-38(37)16-18-44(39)65-50-42(52)24-33(28-59-20-3-2-7-36(59)8-4-13-46(61)62)49(58-50)64-29-31-21-30(25-54)22-34(51)23-31/h5-6,9-12,14,17,21-24,35-36,44,55H,2-4,7-8,13,15-16,18-20,26-29H2,1H3,(H,56,60)(H,61,62)/t35-,36?,44-/m0/s1. The van der Waals surface area contributed by atoms with Gasteiger partial charge >= 0.3 is 5.97 Å². The Hall–Kier alpha value is -5.42. The van der Waals surface area contributed by atoms with Gasteiger partial charge in [0, 0.05) is 71.8 Å². The Morgan fingerprint density at radius 1 is 0.938 bits per heavy atom. The number of carboxylic acids is 1. The highest BCUT2D eigenvalue weighted by Crippen LogP contribution is 2.45. The topological polar surface area (TPSA) is 159 Å². The Bertz CT molecular complexity index is 2600. The van der Waals surface area contributed by atoms with Gasteiger partial charge in [-0.3, -0.25) is 14.5 Å². The van der Waals surface area contributed by atoms with Crippen LogP contribution in [0.15, 0.2) is 72.8 Å². The molecule has 3 atom stereocenters. The summed E-state index contributed by atoms with van der Waals surface area (Å²) < 4.78 is 18.8. The molecule has 5 aromatic rings. The molecule has 0 radical (unpaired) electrons. The van der Waals surface area contributed by atoms with Crippen molar-refractivity contribution in [2.45, 2.75) is 102 Å². The van der Waals surface area contributed by atoms with Crippen molar-refractivity contribution >= 4 is 46.7 Å². The number of nitrogens with zero attached hydrogens (tertiary/aromatic N) is 4. The molecule has 12 nitrogen and oxygen atoms in total. The van der Waals surface area contributed by atoms with E-state index in [2.05, 4.69) is 33.7 Å². The summed E-state index contributed by atoms with van der Waals surface area (Å²) in [5.74, 6) is 0.417. The van der Waals surface area contributed by atoms with Crippen molar-refractivity contribution in [3.63, 3.8) is 0 Å². The maximum atomic E-state index is 11.6. The molecule has 3 aliphatic rings. The smallest absolute Gasteiger partial charge is 0.303 e. The van der Waals surface area contributed by atoms with Gasteiger partial charge in [0.2, 0.25) is 23.5 Å². The van der Waals surface area contributed by atoms with Crippen LogP contribution >= 0.6 is 34.8 Å². The Balaban J connectivity index is 1.03. The number of hydrogen-bond acceptors (Lipinski definition) is 10. The molecule has 65 heavy (non-hydrogen) atoms. The number of piperidine rings is 1. The molecule has 1 unspecified atom stereocenters. The van der Waals surface area contributed by atoms with Gasteiger partial charge in [0.1, 0.15) is 17.7 Å². The van der Waals surface area contributed by atoms with Crippen molar-refractivity contribution in [2.24, 2.45) is 0 Å². The summed E-state index contributed by atoms with van der Waals surface area (Å²) in [7, 11) is 1.61. The van der Waals surface area contributed by atoms with Crippen LogP contribution in [-0.4, -0.2) is 64.1 Å². The second-order valence-corrected chi connectivity index (χ2v) is 18.1. The second-order valence-electron chi connectivity index (χ2n) is 16.9. The molecule has 2 fully saturated rings. The number of aliphatic carboxylic acids is 1. The van der Waals surface area contributed by atoms with E-state index in [1.807, 2.05) is 42.5 Å². The van der Waals surface area contributed by atoms with E-state index in [1.165, 1.54) is 0 Å². The molecular weight excluding hydrogens is 887 g/mol. The first-order chi connectivity index (χ1) is 31.6. The maximum absolute atomic E-state index is 11.6. The number of amides is 1. The number of carboxylic acid groups (broad SMARTS) is 1. The number of methoxy groups -OCH3 is 1. The molecule has 0 saturated carbocycles. The summed E-state index contributed by atoms with van der Waals surface area (Å²) >= 11 is 20.7. The summed E-state index contributed by atoms with van der Waals surface area (Å²) in [5.41, 5.74) is 8.32. The quantitative estimate of drug-likeness (QED) is 0.0768. The van der Waals surface area contributed by atoms with Gasteiger partial charge in [-0.05, 0) is 104 Å². The fraction of sp³-hybridized carbons (Fsp3) is 0.380. The van der Waals surface area contributed by atoms with Crippen LogP contribution < -0.4 is 24.8 Å². The number of carbonyl (C=O) groups excluding carboxylic acids is 1. The number of benzene rings is 3. The normalized spacial score (nSPS) is 18.2. The number of pyridine rings is 2. The van der Waals surface area contributed by atoms with Gasteiger partial charge in [-0.25, -0.2) is 4.98 Å². The third-order valence-corrected chi connectivity index (χ3v) is 13.3.